The number of nitrogens with zero attached hydrogens (tertiary/aromatic N) is 3. The molecular formula is C15H12Cl2N4O4S. The van der Waals surface area contributed by atoms with E-state index in [0.29, 0.717) is 10.6 Å². The summed E-state index contributed by atoms with van der Waals surface area (Å²) in [5.74, 6) is -0.242. The van der Waals surface area contributed by atoms with E-state index in [1.165, 1.54) is 11.0 Å². The van der Waals surface area contributed by atoms with Gasteiger partial charge >= 0.3 is 6.03 Å². The molecule has 1 aliphatic heterocycles. The summed E-state index contributed by atoms with van der Waals surface area (Å²) >= 11 is 12.9. The molecule has 1 N–H and O–H groups in total. The lowest BCUT2D eigenvalue weighted by Crippen LogP contribution is -2.48. The largest absolute Gasteiger partial charge is 0.414 e. The summed E-state index contributed by atoms with van der Waals surface area (Å²) in [6, 6.07) is 4.15. The van der Waals surface area contributed by atoms with Crippen LogP contribution < -0.4 is 5.32 Å². The van der Waals surface area contributed by atoms with Gasteiger partial charge in [-0.1, -0.05) is 35.0 Å². The van der Waals surface area contributed by atoms with Crippen molar-refractivity contribution in [3.8, 4) is 0 Å². The molecule has 11 heteroatoms. The number of hydrogen-bond acceptors (Lipinski definition) is 7. The first-order valence-corrected chi connectivity index (χ1v) is 9.18. The zero-order valence-electron chi connectivity index (χ0n) is 13.2. The number of nitrogens with one attached hydrogen (secondary N) is 1. The summed E-state index contributed by atoms with van der Waals surface area (Å²) < 4.78 is 5.43. The Hall–Kier alpha value is -2.10. The first-order chi connectivity index (χ1) is 12.4. The van der Waals surface area contributed by atoms with Crippen LogP contribution in [0.15, 0.2) is 27.8 Å². The molecule has 3 amide bonds. The highest BCUT2D eigenvalue weighted by molar-refractivity contribution is 7.99. The smallest absolute Gasteiger partial charge is 0.324 e. The van der Waals surface area contributed by atoms with Gasteiger partial charge in [-0.25, -0.2) is 4.79 Å². The molecule has 1 aliphatic rings. The average molecular weight is 415 g/mol. The Morgan fingerprint density at radius 1 is 1.31 bits per heavy atom. The standard InChI is InChI=1S/C15H12Cl2N4O4S/c16-8-1-2-9(10(17)5-8)11(22)7-26-15-20-19-13(25-15)6-21-4-3-12(23)18-14(21)24/h1-2,5H,3-4,6-7H2,(H,18,23,24). The maximum absolute atomic E-state index is 12.2. The second-order valence-corrected chi connectivity index (χ2v) is 7.09. The minimum Gasteiger partial charge on any atom is -0.414 e. The Balaban J connectivity index is 1.56. The Bertz CT molecular complexity index is 873. The molecule has 0 atom stereocenters. The van der Waals surface area contributed by atoms with Crippen molar-refractivity contribution in [2.45, 2.75) is 18.2 Å². The Kier molecular flexibility index (Phi) is 5.80. The fourth-order valence-electron chi connectivity index (χ4n) is 2.19. The number of urea groups is 1. The molecule has 1 aromatic heterocycles. The van der Waals surface area contributed by atoms with Crippen molar-refractivity contribution in [2.75, 3.05) is 12.3 Å². The Morgan fingerprint density at radius 3 is 2.85 bits per heavy atom. The number of rotatable bonds is 6. The second-order valence-electron chi connectivity index (χ2n) is 5.32. The number of halogens is 2. The third-order valence-electron chi connectivity index (χ3n) is 3.48. The van der Waals surface area contributed by atoms with E-state index in [4.69, 9.17) is 27.6 Å². The summed E-state index contributed by atoms with van der Waals surface area (Å²) in [6.07, 6.45) is 0.220. The van der Waals surface area contributed by atoms with Crippen LogP contribution in [0.5, 0.6) is 0 Å². The van der Waals surface area contributed by atoms with Gasteiger partial charge in [-0.05, 0) is 18.2 Å². The van der Waals surface area contributed by atoms with Gasteiger partial charge in [-0.15, -0.1) is 10.2 Å². The Labute approximate surface area is 162 Å². The molecule has 1 saturated heterocycles. The van der Waals surface area contributed by atoms with Gasteiger partial charge in [-0.2, -0.15) is 0 Å². The van der Waals surface area contributed by atoms with E-state index < -0.39 is 6.03 Å². The fourth-order valence-corrected chi connectivity index (χ4v) is 3.37. The molecule has 2 heterocycles. The van der Waals surface area contributed by atoms with Gasteiger partial charge in [0.2, 0.25) is 11.8 Å². The Morgan fingerprint density at radius 2 is 2.12 bits per heavy atom. The fraction of sp³-hybridized carbons (Fsp3) is 0.267. The lowest BCUT2D eigenvalue weighted by molar-refractivity contribution is -0.121. The number of amides is 3. The van der Waals surface area contributed by atoms with Gasteiger partial charge in [0, 0.05) is 23.6 Å². The van der Waals surface area contributed by atoms with Gasteiger partial charge < -0.3 is 9.32 Å². The van der Waals surface area contributed by atoms with Crippen molar-refractivity contribution >= 4 is 52.7 Å². The van der Waals surface area contributed by atoms with Crippen molar-refractivity contribution < 1.29 is 18.8 Å². The monoisotopic (exact) mass is 414 g/mol. The van der Waals surface area contributed by atoms with E-state index in [2.05, 4.69) is 15.5 Å². The average Bonchev–Trinajstić information content (AvgIpc) is 3.03. The number of hydrogen-bond donors (Lipinski definition) is 1. The molecule has 0 radical (unpaired) electrons. The molecule has 1 fully saturated rings. The predicted octanol–water partition coefficient (Wildman–Crippen LogP) is 2.79. The summed E-state index contributed by atoms with van der Waals surface area (Å²) in [6.45, 7) is 0.368. The zero-order valence-corrected chi connectivity index (χ0v) is 15.5. The minimum absolute atomic E-state index is 0.0572. The van der Waals surface area contributed by atoms with Gasteiger partial charge in [0.1, 0.15) is 6.54 Å². The van der Waals surface area contributed by atoms with Crippen LogP contribution in [0.25, 0.3) is 0 Å². The van der Waals surface area contributed by atoms with Crippen molar-refractivity contribution in [3.63, 3.8) is 0 Å². The molecule has 2 aromatic rings. The third-order valence-corrected chi connectivity index (χ3v) is 4.84. The molecule has 0 aliphatic carbocycles. The highest BCUT2D eigenvalue weighted by Crippen LogP contribution is 2.24. The SMILES string of the molecule is O=C1CCN(Cc2nnc(SCC(=O)c3ccc(Cl)cc3Cl)o2)C(=O)N1. The molecule has 0 bridgehead atoms. The first-order valence-electron chi connectivity index (χ1n) is 7.44. The van der Waals surface area contributed by atoms with Gasteiger partial charge in [-0.3, -0.25) is 14.9 Å². The molecule has 3 rings (SSSR count). The normalized spacial score (nSPS) is 14.5. The minimum atomic E-state index is -0.499. The lowest BCUT2D eigenvalue weighted by atomic mass is 10.1. The molecule has 0 spiro atoms. The highest BCUT2D eigenvalue weighted by Gasteiger charge is 2.24. The summed E-state index contributed by atoms with van der Waals surface area (Å²) in [5.41, 5.74) is 0.359. The van der Waals surface area contributed by atoms with Crippen LogP contribution in [0.1, 0.15) is 22.7 Å². The summed E-state index contributed by atoms with van der Waals surface area (Å²) in [5, 5.41) is 10.8. The van der Waals surface area contributed by atoms with Crippen molar-refractivity contribution in [1.82, 2.24) is 20.4 Å². The van der Waals surface area contributed by atoms with Crippen LogP contribution in [0.3, 0.4) is 0 Å². The van der Waals surface area contributed by atoms with Crippen LogP contribution in [-0.2, 0) is 11.3 Å². The number of thioether (sulfide) groups is 1. The van der Waals surface area contributed by atoms with Crippen molar-refractivity contribution in [2.24, 2.45) is 0 Å². The van der Waals surface area contributed by atoms with E-state index in [9.17, 15) is 14.4 Å². The highest BCUT2D eigenvalue weighted by atomic mass is 35.5. The van der Waals surface area contributed by atoms with Crippen molar-refractivity contribution in [1.29, 1.82) is 0 Å². The van der Waals surface area contributed by atoms with Crippen LogP contribution in [0, 0.1) is 0 Å². The van der Waals surface area contributed by atoms with Crippen LogP contribution in [-0.4, -0.2) is 45.1 Å². The van der Waals surface area contributed by atoms with E-state index in [0.717, 1.165) is 11.8 Å². The van der Waals surface area contributed by atoms with E-state index in [-0.39, 0.29) is 53.1 Å². The molecule has 26 heavy (non-hydrogen) atoms. The molecular weight excluding hydrogens is 403 g/mol. The van der Waals surface area contributed by atoms with Gasteiger partial charge in [0.15, 0.2) is 5.78 Å². The molecule has 8 nitrogen and oxygen atoms in total. The number of carbonyl (C=O) groups excluding carboxylic acids is 3. The topological polar surface area (TPSA) is 105 Å². The molecule has 0 unspecified atom stereocenters. The molecule has 136 valence electrons. The predicted molar refractivity (Wildman–Crippen MR) is 94.4 cm³/mol. The maximum atomic E-state index is 12.2. The lowest BCUT2D eigenvalue weighted by Gasteiger charge is -2.24. The zero-order chi connectivity index (χ0) is 18.7. The van der Waals surface area contributed by atoms with Crippen LogP contribution in [0.4, 0.5) is 4.79 Å². The van der Waals surface area contributed by atoms with Gasteiger partial charge in [0.25, 0.3) is 5.22 Å². The summed E-state index contributed by atoms with van der Waals surface area (Å²) in [4.78, 5) is 36.4. The number of benzene rings is 1. The summed E-state index contributed by atoms with van der Waals surface area (Å²) in [7, 11) is 0. The number of carbonyl (C=O) groups is 3. The maximum Gasteiger partial charge on any atom is 0.324 e. The first kappa shape index (κ1) is 18.7. The van der Waals surface area contributed by atoms with E-state index in [1.807, 2.05) is 0 Å². The third kappa shape index (κ3) is 4.54. The van der Waals surface area contributed by atoms with Crippen LogP contribution >= 0.6 is 35.0 Å². The number of ketones is 1. The second kappa shape index (κ2) is 8.07. The van der Waals surface area contributed by atoms with Crippen molar-refractivity contribution in [3.05, 3.63) is 39.7 Å². The quantitative estimate of drug-likeness (QED) is 0.571. The van der Waals surface area contributed by atoms with E-state index in [1.54, 1.807) is 12.1 Å². The molecule has 1 aromatic carbocycles. The number of imide groups is 1. The van der Waals surface area contributed by atoms with Gasteiger partial charge in [0.05, 0.1) is 10.8 Å². The van der Waals surface area contributed by atoms with E-state index >= 15 is 0 Å². The molecule has 0 saturated carbocycles. The van der Waals surface area contributed by atoms with Crippen LogP contribution in [0.2, 0.25) is 10.0 Å². The number of aromatic nitrogens is 2. The number of Topliss-reactive ketones (excluding diaryl/α,β-unsaturated/α-hetero) is 1.